The Balaban J connectivity index is 1.99. The number of ether oxygens (including phenoxy) is 2. The third kappa shape index (κ3) is 6.34. The molecule has 19 heteroatoms. The number of nitrogens with zero attached hydrogens (tertiary/aromatic N) is 3. The largest absolute Gasteiger partial charge is 0.476 e. The Hall–Kier alpha value is -2.17. The van der Waals surface area contributed by atoms with Crippen molar-refractivity contribution in [1.29, 1.82) is 5.26 Å². The molecular formula is C19H16Cl2F6N4O6S. The summed E-state index contributed by atoms with van der Waals surface area (Å²) in [6, 6.07) is 2.22. The predicted octanol–water partition coefficient (Wildman–Crippen LogP) is 2.56. The summed E-state index contributed by atoms with van der Waals surface area (Å²) in [7, 11) is -3.83. The van der Waals surface area contributed by atoms with E-state index in [1.54, 1.807) is 0 Å². The van der Waals surface area contributed by atoms with Crippen LogP contribution in [0.2, 0.25) is 10.0 Å². The first-order valence-electron chi connectivity index (χ1n) is 10.2. The lowest BCUT2D eigenvalue weighted by Gasteiger charge is -2.34. The van der Waals surface area contributed by atoms with Gasteiger partial charge >= 0.3 is 11.7 Å². The summed E-state index contributed by atoms with van der Waals surface area (Å²) in [5.74, 6) is -0.745. The number of benzene rings is 1. The number of aliphatic hydroxyl groups is 3. The lowest BCUT2D eigenvalue weighted by Crippen LogP contribution is -2.53. The van der Waals surface area contributed by atoms with E-state index in [-0.39, 0.29) is 0 Å². The molecule has 0 bridgehead atoms. The van der Waals surface area contributed by atoms with Crippen molar-refractivity contribution in [3.05, 3.63) is 33.4 Å². The topological polar surface area (TPSA) is 150 Å². The van der Waals surface area contributed by atoms with Crippen LogP contribution in [0.3, 0.4) is 0 Å². The van der Waals surface area contributed by atoms with Gasteiger partial charge in [0, 0.05) is 6.54 Å². The minimum atomic E-state index is -5.36. The standard InChI is InChI=1S/C19H16Cl2F6N4O6S/c20-8-3-7(18(22,23)24)4-9(21)12(8)31-16(15(10(5-28)30-31)38(35)19(25,26)27)29-1-2-36-17-14(34)13(33)11(32)6-37-17/h3-4,11,13-14,17,29,32-34H,1-2,6H2/t11-,13+,14-,17-,38?/m1/s1. The van der Waals surface area contributed by atoms with E-state index in [0.717, 1.165) is 0 Å². The maximum atomic E-state index is 13.4. The van der Waals surface area contributed by atoms with E-state index in [2.05, 4.69) is 10.4 Å². The van der Waals surface area contributed by atoms with Gasteiger partial charge < -0.3 is 30.1 Å². The molecule has 210 valence electrons. The molecule has 1 unspecified atom stereocenters. The van der Waals surface area contributed by atoms with Gasteiger partial charge in [0.15, 0.2) is 22.8 Å². The highest BCUT2D eigenvalue weighted by Gasteiger charge is 2.43. The van der Waals surface area contributed by atoms with Gasteiger partial charge in [-0.2, -0.15) is 36.7 Å². The summed E-state index contributed by atoms with van der Waals surface area (Å²) in [5, 5.41) is 43.0. The fourth-order valence-corrected chi connectivity index (χ4v) is 4.76. The summed E-state index contributed by atoms with van der Waals surface area (Å²) >= 11 is 11.9. The number of nitriles is 1. The zero-order chi connectivity index (χ0) is 28.6. The van der Waals surface area contributed by atoms with E-state index in [0.29, 0.717) is 16.8 Å². The first-order chi connectivity index (χ1) is 17.6. The molecule has 2 aromatic rings. The van der Waals surface area contributed by atoms with E-state index >= 15 is 0 Å². The van der Waals surface area contributed by atoms with Crippen LogP contribution in [0, 0.1) is 11.3 Å². The second-order valence-corrected chi connectivity index (χ2v) is 9.82. The number of hydrogen-bond acceptors (Lipinski definition) is 9. The Morgan fingerprint density at radius 3 is 2.32 bits per heavy atom. The molecule has 1 saturated heterocycles. The van der Waals surface area contributed by atoms with E-state index in [1.807, 2.05) is 0 Å². The quantitative estimate of drug-likeness (QED) is 0.273. The maximum Gasteiger partial charge on any atom is 0.476 e. The van der Waals surface area contributed by atoms with E-state index in [4.69, 9.17) is 32.7 Å². The Labute approximate surface area is 221 Å². The van der Waals surface area contributed by atoms with Crippen molar-refractivity contribution < 1.29 is 55.3 Å². The van der Waals surface area contributed by atoms with Crippen LogP contribution < -0.4 is 5.32 Å². The number of nitrogens with one attached hydrogen (secondary N) is 1. The van der Waals surface area contributed by atoms with E-state index < -0.39 is 105 Å². The van der Waals surface area contributed by atoms with Gasteiger partial charge in [0.2, 0.25) is 0 Å². The molecule has 4 N–H and O–H groups in total. The third-order valence-corrected chi connectivity index (χ3v) is 6.78. The summed E-state index contributed by atoms with van der Waals surface area (Å²) in [4.78, 5) is -1.15. The normalized spacial score (nSPS) is 23.2. The molecule has 38 heavy (non-hydrogen) atoms. The molecule has 1 aliphatic heterocycles. The van der Waals surface area contributed by atoms with Gasteiger partial charge in [-0.25, -0.2) is 8.89 Å². The molecule has 0 saturated carbocycles. The fraction of sp³-hybridized carbons (Fsp3) is 0.474. The summed E-state index contributed by atoms with van der Waals surface area (Å²) in [5.41, 5.74) is -8.17. The minimum Gasteiger partial charge on any atom is -0.388 e. The highest BCUT2D eigenvalue weighted by atomic mass is 35.5. The van der Waals surface area contributed by atoms with Crippen molar-refractivity contribution >= 4 is 39.8 Å². The number of anilines is 1. The van der Waals surface area contributed by atoms with Crippen LogP contribution in [0.15, 0.2) is 17.0 Å². The van der Waals surface area contributed by atoms with Gasteiger partial charge in [-0.15, -0.1) is 0 Å². The first kappa shape index (κ1) is 30.4. The second-order valence-electron chi connectivity index (χ2n) is 7.60. The Bertz CT molecular complexity index is 1230. The van der Waals surface area contributed by atoms with Crippen LogP contribution in [-0.2, 0) is 26.4 Å². The van der Waals surface area contributed by atoms with E-state index in [9.17, 15) is 51.1 Å². The molecule has 0 spiro atoms. The Morgan fingerprint density at radius 2 is 1.79 bits per heavy atom. The monoisotopic (exact) mass is 612 g/mol. The van der Waals surface area contributed by atoms with Crippen molar-refractivity contribution in [2.24, 2.45) is 0 Å². The first-order valence-corrected chi connectivity index (χ1v) is 12.1. The van der Waals surface area contributed by atoms with Crippen LogP contribution in [0.1, 0.15) is 11.3 Å². The van der Waals surface area contributed by atoms with E-state index in [1.165, 1.54) is 6.07 Å². The van der Waals surface area contributed by atoms with Gasteiger partial charge in [0.25, 0.3) is 0 Å². The molecule has 3 rings (SSSR count). The smallest absolute Gasteiger partial charge is 0.388 e. The lowest BCUT2D eigenvalue weighted by molar-refractivity contribution is -0.268. The van der Waals surface area contributed by atoms with Crippen LogP contribution >= 0.6 is 23.2 Å². The molecule has 1 aromatic carbocycles. The van der Waals surface area contributed by atoms with Gasteiger partial charge in [-0.3, -0.25) is 0 Å². The molecular weight excluding hydrogens is 597 g/mol. The maximum absolute atomic E-state index is 13.4. The predicted molar refractivity (Wildman–Crippen MR) is 118 cm³/mol. The summed E-state index contributed by atoms with van der Waals surface area (Å²) in [6.07, 6.45) is -11.0. The average Bonchev–Trinajstić information content (AvgIpc) is 3.17. The average molecular weight is 613 g/mol. The van der Waals surface area contributed by atoms with Crippen LogP contribution in [0.25, 0.3) is 5.69 Å². The zero-order valence-electron chi connectivity index (χ0n) is 18.4. The van der Waals surface area contributed by atoms with Crippen LogP contribution in [0.5, 0.6) is 0 Å². The number of halogens is 8. The summed E-state index contributed by atoms with van der Waals surface area (Å²) < 4.78 is 102. The molecule has 0 amide bonds. The molecule has 1 aromatic heterocycles. The fourth-order valence-electron chi connectivity index (χ4n) is 3.29. The van der Waals surface area contributed by atoms with Crippen molar-refractivity contribution in [2.75, 3.05) is 25.1 Å². The van der Waals surface area contributed by atoms with Crippen molar-refractivity contribution in [3.8, 4) is 11.8 Å². The van der Waals surface area contributed by atoms with Gasteiger partial charge in [0.05, 0.1) is 28.8 Å². The highest BCUT2D eigenvalue weighted by Crippen LogP contribution is 2.41. The molecule has 1 fully saturated rings. The van der Waals surface area contributed by atoms with Crippen molar-refractivity contribution in [2.45, 2.75) is 41.2 Å². The Morgan fingerprint density at radius 1 is 1.18 bits per heavy atom. The van der Waals surface area contributed by atoms with Crippen LogP contribution in [0.4, 0.5) is 32.2 Å². The Kier molecular flexibility index (Phi) is 9.21. The van der Waals surface area contributed by atoms with Gasteiger partial charge in [0.1, 0.15) is 40.8 Å². The molecule has 1 aliphatic rings. The molecule has 0 aliphatic carbocycles. The number of aromatic nitrogens is 2. The number of rotatable bonds is 7. The van der Waals surface area contributed by atoms with Crippen molar-refractivity contribution in [1.82, 2.24) is 9.78 Å². The minimum absolute atomic E-state index is 0.395. The lowest BCUT2D eigenvalue weighted by atomic mass is 10.1. The molecule has 10 nitrogen and oxygen atoms in total. The van der Waals surface area contributed by atoms with Gasteiger partial charge in [-0.05, 0) is 12.1 Å². The third-order valence-electron chi connectivity index (χ3n) is 5.03. The van der Waals surface area contributed by atoms with Gasteiger partial charge in [-0.1, -0.05) is 23.2 Å². The number of alkyl halides is 6. The number of aliphatic hydroxyl groups excluding tert-OH is 3. The number of hydrogen-bond donors (Lipinski definition) is 4. The summed E-state index contributed by atoms with van der Waals surface area (Å²) in [6.45, 7) is -1.27. The highest BCUT2D eigenvalue weighted by molar-refractivity contribution is 7.86. The zero-order valence-corrected chi connectivity index (χ0v) is 20.8. The molecule has 2 heterocycles. The molecule has 5 atom stereocenters. The van der Waals surface area contributed by atoms with Crippen molar-refractivity contribution in [3.63, 3.8) is 0 Å². The second kappa shape index (κ2) is 11.5. The SMILES string of the molecule is N#Cc1nn(-c2c(Cl)cc(C(F)(F)F)cc2Cl)c(NCCO[C@@H]2OC[C@@H](O)[C@H](O)[C@H]2O)c1S(=O)C(F)(F)F. The van der Waals surface area contributed by atoms with Crippen LogP contribution in [-0.4, -0.2) is 79.2 Å². The molecule has 0 radical (unpaired) electrons.